The molecule has 1 atom stereocenters. The lowest BCUT2D eigenvalue weighted by Gasteiger charge is -1.96. The molecule has 0 aliphatic heterocycles. The van der Waals surface area contributed by atoms with Crippen molar-refractivity contribution in [2.24, 2.45) is 5.73 Å². The standard InChI is InChI=1S/C3H7NO3/c4-3(7)2(6)1-5/h2,5-6H,1H2,(H2,4,7)/t2-/m0/s1. The van der Waals surface area contributed by atoms with Crippen LogP contribution in [0.5, 0.6) is 0 Å². The predicted octanol–water partition coefficient (Wildman–Crippen LogP) is -2.18. The van der Waals surface area contributed by atoms with Crippen LogP contribution in [0.1, 0.15) is 0 Å². The Morgan fingerprint density at radius 2 is 2.29 bits per heavy atom. The van der Waals surface area contributed by atoms with E-state index in [1.165, 1.54) is 0 Å². The minimum absolute atomic E-state index is 0.602. The maximum Gasteiger partial charge on any atom is 0.248 e. The number of aliphatic hydroxyl groups excluding tert-OH is 2. The molecule has 7 heavy (non-hydrogen) atoms. The lowest BCUT2D eigenvalue weighted by molar-refractivity contribution is -0.127. The molecule has 0 aliphatic carbocycles. The highest BCUT2D eigenvalue weighted by molar-refractivity contribution is 5.78. The van der Waals surface area contributed by atoms with Gasteiger partial charge in [-0.2, -0.15) is 0 Å². The monoisotopic (exact) mass is 105 g/mol. The van der Waals surface area contributed by atoms with Gasteiger partial charge in [0.25, 0.3) is 0 Å². The van der Waals surface area contributed by atoms with Crippen LogP contribution < -0.4 is 5.73 Å². The summed E-state index contributed by atoms with van der Waals surface area (Å²) in [5, 5.41) is 16.2. The largest absolute Gasteiger partial charge is 0.393 e. The molecule has 1 amide bonds. The quantitative estimate of drug-likeness (QED) is 0.373. The average molecular weight is 105 g/mol. The summed E-state index contributed by atoms with van der Waals surface area (Å²) in [7, 11) is 0. The van der Waals surface area contributed by atoms with E-state index in [4.69, 9.17) is 10.2 Å². The molecule has 4 N–H and O–H groups in total. The van der Waals surface area contributed by atoms with E-state index in [1.807, 2.05) is 0 Å². The van der Waals surface area contributed by atoms with E-state index >= 15 is 0 Å². The van der Waals surface area contributed by atoms with Crippen LogP contribution in [0.4, 0.5) is 0 Å². The van der Waals surface area contributed by atoms with Crippen molar-refractivity contribution in [1.82, 2.24) is 0 Å². The molecular formula is C3H7NO3. The smallest absolute Gasteiger partial charge is 0.248 e. The van der Waals surface area contributed by atoms with Gasteiger partial charge >= 0.3 is 0 Å². The van der Waals surface area contributed by atoms with Crippen molar-refractivity contribution in [3.63, 3.8) is 0 Å². The van der Waals surface area contributed by atoms with Gasteiger partial charge in [-0.25, -0.2) is 0 Å². The Morgan fingerprint density at radius 1 is 1.86 bits per heavy atom. The van der Waals surface area contributed by atoms with E-state index in [9.17, 15) is 4.79 Å². The Morgan fingerprint density at radius 3 is 2.29 bits per heavy atom. The van der Waals surface area contributed by atoms with Gasteiger partial charge in [-0.15, -0.1) is 0 Å². The molecule has 0 bridgehead atoms. The molecule has 42 valence electrons. The highest BCUT2D eigenvalue weighted by atomic mass is 16.3. The molecule has 4 heteroatoms. The van der Waals surface area contributed by atoms with Crippen LogP contribution in [0.2, 0.25) is 0 Å². The van der Waals surface area contributed by atoms with Crippen molar-refractivity contribution < 1.29 is 15.0 Å². The van der Waals surface area contributed by atoms with Gasteiger partial charge in [-0.05, 0) is 0 Å². The van der Waals surface area contributed by atoms with Crippen molar-refractivity contribution in [3.8, 4) is 0 Å². The third-order valence-electron chi connectivity index (χ3n) is 0.501. The SMILES string of the molecule is NC(=O)[C@@H](O)CO. The molecule has 0 radical (unpaired) electrons. The second kappa shape index (κ2) is 2.54. The number of carbonyl (C=O) groups excluding carboxylic acids is 1. The summed E-state index contributed by atoms with van der Waals surface area (Å²) >= 11 is 0. The van der Waals surface area contributed by atoms with Crippen molar-refractivity contribution in [1.29, 1.82) is 0 Å². The Kier molecular flexibility index (Phi) is 2.32. The number of rotatable bonds is 2. The second-order valence-corrected chi connectivity index (χ2v) is 1.10. The first-order chi connectivity index (χ1) is 3.18. The Bertz CT molecular complexity index is 72.6. The molecule has 0 saturated heterocycles. The van der Waals surface area contributed by atoms with Gasteiger partial charge in [-0.1, -0.05) is 0 Å². The van der Waals surface area contributed by atoms with E-state index in [1.54, 1.807) is 0 Å². The van der Waals surface area contributed by atoms with Crippen molar-refractivity contribution in [2.75, 3.05) is 6.61 Å². The normalized spacial score (nSPS) is 13.4. The highest BCUT2D eigenvalue weighted by Crippen LogP contribution is 1.73. The number of amides is 1. The van der Waals surface area contributed by atoms with Crippen LogP contribution in [0.15, 0.2) is 0 Å². The zero-order valence-corrected chi connectivity index (χ0v) is 3.66. The molecule has 4 nitrogen and oxygen atoms in total. The minimum atomic E-state index is -1.40. The van der Waals surface area contributed by atoms with Gasteiger partial charge in [0.1, 0.15) is 0 Å². The number of primary amides is 1. The number of nitrogens with two attached hydrogens (primary N) is 1. The first kappa shape index (κ1) is 6.39. The topological polar surface area (TPSA) is 83.6 Å². The first-order valence-electron chi connectivity index (χ1n) is 1.76. The van der Waals surface area contributed by atoms with Gasteiger partial charge in [-0.3, -0.25) is 4.79 Å². The zero-order valence-electron chi connectivity index (χ0n) is 3.66. The maximum absolute atomic E-state index is 9.74. The van der Waals surface area contributed by atoms with Crippen LogP contribution in [0.25, 0.3) is 0 Å². The van der Waals surface area contributed by atoms with Crippen molar-refractivity contribution in [2.45, 2.75) is 6.10 Å². The van der Waals surface area contributed by atoms with Gasteiger partial charge in [0, 0.05) is 0 Å². The van der Waals surface area contributed by atoms with Gasteiger partial charge in [0.2, 0.25) is 5.91 Å². The fourth-order valence-electron chi connectivity index (χ4n) is 0.0900. The molecule has 0 fully saturated rings. The molecule has 0 rings (SSSR count). The predicted molar refractivity (Wildman–Crippen MR) is 22.3 cm³/mol. The van der Waals surface area contributed by atoms with Crippen molar-refractivity contribution in [3.05, 3.63) is 0 Å². The fraction of sp³-hybridized carbons (Fsp3) is 0.667. The molecule has 0 aromatic rings. The Hall–Kier alpha value is -0.610. The summed E-state index contributed by atoms with van der Waals surface area (Å²) in [6.07, 6.45) is -1.40. The highest BCUT2D eigenvalue weighted by Gasteiger charge is 2.06. The summed E-state index contributed by atoms with van der Waals surface area (Å²) in [6.45, 7) is -0.602. The number of hydrogen-bond donors (Lipinski definition) is 3. The number of aliphatic hydroxyl groups is 2. The molecule has 0 unspecified atom stereocenters. The Balaban J connectivity index is 3.34. The molecule has 0 spiro atoms. The molecule has 0 saturated carbocycles. The van der Waals surface area contributed by atoms with E-state index in [-0.39, 0.29) is 0 Å². The van der Waals surface area contributed by atoms with Crippen LogP contribution >= 0.6 is 0 Å². The van der Waals surface area contributed by atoms with Crippen LogP contribution in [-0.2, 0) is 4.79 Å². The summed E-state index contributed by atoms with van der Waals surface area (Å²) < 4.78 is 0. The second-order valence-electron chi connectivity index (χ2n) is 1.10. The van der Waals surface area contributed by atoms with E-state index in [0.29, 0.717) is 0 Å². The van der Waals surface area contributed by atoms with E-state index < -0.39 is 18.6 Å². The maximum atomic E-state index is 9.74. The number of carbonyl (C=O) groups is 1. The summed E-state index contributed by atoms with van der Waals surface area (Å²) in [5.41, 5.74) is 4.50. The van der Waals surface area contributed by atoms with Crippen LogP contribution in [0.3, 0.4) is 0 Å². The van der Waals surface area contributed by atoms with Crippen molar-refractivity contribution >= 4 is 5.91 Å². The van der Waals surface area contributed by atoms with Gasteiger partial charge < -0.3 is 15.9 Å². The molecule has 0 heterocycles. The lowest BCUT2D eigenvalue weighted by Crippen LogP contribution is -2.30. The third kappa shape index (κ3) is 2.13. The first-order valence-corrected chi connectivity index (χ1v) is 1.76. The molecular weight excluding hydrogens is 98.0 g/mol. The third-order valence-corrected chi connectivity index (χ3v) is 0.501. The minimum Gasteiger partial charge on any atom is -0.393 e. The average Bonchev–Trinajstić information content (AvgIpc) is 1.65. The van der Waals surface area contributed by atoms with Crippen LogP contribution in [-0.4, -0.2) is 28.8 Å². The Labute approximate surface area is 40.6 Å². The van der Waals surface area contributed by atoms with Gasteiger partial charge in [0.05, 0.1) is 6.61 Å². The molecule has 0 aromatic carbocycles. The van der Waals surface area contributed by atoms with Gasteiger partial charge in [0.15, 0.2) is 6.10 Å². The van der Waals surface area contributed by atoms with E-state index in [2.05, 4.69) is 5.73 Å². The molecule has 0 aromatic heterocycles. The zero-order chi connectivity index (χ0) is 5.86. The van der Waals surface area contributed by atoms with Crippen LogP contribution in [0, 0.1) is 0 Å². The number of hydrogen-bond acceptors (Lipinski definition) is 3. The fourth-order valence-corrected chi connectivity index (χ4v) is 0.0900. The lowest BCUT2D eigenvalue weighted by atomic mass is 10.4. The molecule has 0 aliphatic rings. The summed E-state index contributed by atoms with van der Waals surface area (Å²) in [5.74, 6) is -0.900. The summed E-state index contributed by atoms with van der Waals surface area (Å²) in [6, 6.07) is 0. The van der Waals surface area contributed by atoms with E-state index in [0.717, 1.165) is 0 Å². The summed E-state index contributed by atoms with van der Waals surface area (Å²) in [4.78, 5) is 9.74.